The average Bonchev–Trinajstić information content (AvgIpc) is 2.89. The summed E-state index contributed by atoms with van der Waals surface area (Å²) < 4.78 is 29.1. The fourth-order valence-corrected chi connectivity index (χ4v) is 4.00. The van der Waals surface area contributed by atoms with Gasteiger partial charge in [-0.1, -0.05) is 0 Å². The molecule has 1 aliphatic rings. The Balaban J connectivity index is 1.95. The van der Waals surface area contributed by atoms with E-state index in [-0.39, 0.29) is 29.2 Å². The van der Waals surface area contributed by atoms with Gasteiger partial charge >= 0.3 is 0 Å². The number of methoxy groups -OCH3 is 1. The Morgan fingerprint density at radius 1 is 1.63 bits per heavy atom. The number of ether oxygens (including phenoxy) is 1. The van der Waals surface area contributed by atoms with Gasteiger partial charge in [0.25, 0.3) is 5.91 Å². The predicted octanol–water partition coefficient (Wildman–Crippen LogP) is -0.407. The van der Waals surface area contributed by atoms with Crippen molar-refractivity contribution in [2.75, 3.05) is 25.2 Å². The number of aryl methyl sites for hydroxylation is 1. The number of aromatic nitrogens is 2. The van der Waals surface area contributed by atoms with Gasteiger partial charge in [0.15, 0.2) is 9.84 Å². The Morgan fingerprint density at radius 3 is 2.95 bits per heavy atom. The first-order valence-corrected chi connectivity index (χ1v) is 7.79. The van der Waals surface area contributed by atoms with Crippen LogP contribution in [0.4, 0.5) is 0 Å². The summed E-state index contributed by atoms with van der Waals surface area (Å²) in [4.78, 5) is 12.0. The number of carbonyl (C=O) groups is 1. The molecule has 7 nitrogen and oxygen atoms in total. The largest absolute Gasteiger partial charge is 0.479 e. The Bertz CT molecular complexity index is 579. The molecule has 1 N–H and O–H groups in total. The van der Waals surface area contributed by atoms with Crippen molar-refractivity contribution in [1.29, 1.82) is 0 Å². The molecule has 1 aliphatic heterocycles. The van der Waals surface area contributed by atoms with Gasteiger partial charge in [-0.25, -0.2) is 8.42 Å². The molecule has 1 atom stereocenters. The SMILES string of the molecule is COc1nn(C)cc1C(=O)NCC1CCS(=O)(=O)C1. The Morgan fingerprint density at radius 2 is 2.37 bits per heavy atom. The first-order chi connectivity index (χ1) is 8.91. The Hall–Kier alpha value is -1.57. The van der Waals surface area contributed by atoms with Crippen LogP contribution in [0.3, 0.4) is 0 Å². The number of rotatable bonds is 4. The van der Waals surface area contributed by atoms with Crippen LogP contribution < -0.4 is 10.1 Å². The molecule has 19 heavy (non-hydrogen) atoms. The lowest BCUT2D eigenvalue weighted by molar-refractivity contribution is 0.0945. The average molecular weight is 287 g/mol. The summed E-state index contributed by atoms with van der Waals surface area (Å²) in [5.41, 5.74) is 0.353. The minimum atomic E-state index is -2.91. The van der Waals surface area contributed by atoms with Gasteiger partial charge in [-0.2, -0.15) is 0 Å². The lowest BCUT2D eigenvalue weighted by atomic mass is 10.1. The molecule has 1 saturated heterocycles. The molecule has 0 aliphatic carbocycles. The van der Waals surface area contributed by atoms with Gasteiger partial charge in [-0.05, 0) is 12.3 Å². The number of sulfone groups is 1. The molecular weight excluding hydrogens is 270 g/mol. The molecule has 0 saturated carbocycles. The van der Waals surface area contributed by atoms with Crippen molar-refractivity contribution in [2.24, 2.45) is 13.0 Å². The summed E-state index contributed by atoms with van der Waals surface area (Å²) in [6.07, 6.45) is 2.17. The van der Waals surface area contributed by atoms with Crippen molar-refractivity contribution in [3.63, 3.8) is 0 Å². The van der Waals surface area contributed by atoms with Crippen LogP contribution >= 0.6 is 0 Å². The Kier molecular flexibility index (Phi) is 3.79. The van der Waals surface area contributed by atoms with E-state index in [1.165, 1.54) is 11.8 Å². The number of amides is 1. The van der Waals surface area contributed by atoms with E-state index in [2.05, 4.69) is 10.4 Å². The van der Waals surface area contributed by atoms with Crippen molar-refractivity contribution in [1.82, 2.24) is 15.1 Å². The fraction of sp³-hybridized carbons (Fsp3) is 0.636. The van der Waals surface area contributed by atoms with Gasteiger partial charge in [0, 0.05) is 19.8 Å². The van der Waals surface area contributed by atoms with Crippen LogP contribution in [0.5, 0.6) is 5.88 Å². The lowest BCUT2D eigenvalue weighted by Gasteiger charge is -2.09. The Labute approximate surface area is 111 Å². The van der Waals surface area contributed by atoms with Crippen molar-refractivity contribution < 1.29 is 17.9 Å². The highest BCUT2D eigenvalue weighted by atomic mass is 32.2. The van der Waals surface area contributed by atoms with Crippen LogP contribution in [-0.4, -0.2) is 49.3 Å². The number of nitrogens with one attached hydrogen (secondary N) is 1. The third-order valence-corrected chi connectivity index (χ3v) is 4.95. The minimum Gasteiger partial charge on any atom is -0.479 e. The van der Waals surface area contributed by atoms with Crippen molar-refractivity contribution >= 4 is 15.7 Å². The number of hydrogen-bond donors (Lipinski definition) is 1. The molecule has 1 unspecified atom stereocenters. The van der Waals surface area contributed by atoms with Gasteiger partial charge in [-0.15, -0.1) is 5.10 Å². The first kappa shape index (κ1) is 13.9. The molecule has 0 bridgehead atoms. The lowest BCUT2D eigenvalue weighted by Crippen LogP contribution is -2.29. The third-order valence-electron chi connectivity index (χ3n) is 3.11. The van der Waals surface area contributed by atoms with E-state index in [9.17, 15) is 13.2 Å². The second kappa shape index (κ2) is 5.20. The normalized spacial score (nSPS) is 21.3. The summed E-state index contributed by atoms with van der Waals surface area (Å²) in [6.45, 7) is 0.357. The third kappa shape index (κ3) is 3.25. The maximum Gasteiger partial charge on any atom is 0.258 e. The van der Waals surface area contributed by atoms with Crippen LogP contribution in [0.25, 0.3) is 0 Å². The van der Waals surface area contributed by atoms with E-state index in [0.717, 1.165) is 0 Å². The quantitative estimate of drug-likeness (QED) is 0.813. The summed E-state index contributed by atoms with van der Waals surface area (Å²) in [5.74, 6) is 0.325. The van der Waals surface area contributed by atoms with E-state index in [4.69, 9.17) is 4.74 Å². The molecule has 1 aromatic rings. The highest BCUT2D eigenvalue weighted by Gasteiger charge is 2.28. The molecule has 1 fully saturated rings. The molecule has 2 rings (SSSR count). The fourth-order valence-electron chi connectivity index (χ4n) is 2.14. The topological polar surface area (TPSA) is 90.3 Å². The highest BCUT2D eigenvalue weighted by molar-refractivity contribution is 7.91. The first-order valence-electron chi connectivity index (χ1n) is 5.97. The standard InChI is InChI=1S/C11H17N3O4S/c1-14-6-9(11(13-14)18-2)10(15)12-5-8-3-4-19(16,17)7-8/h6,8H,3-5,7H2,1-2H3,(H,12,15). The van der Waals surface area contributed by atoms with E-state index in [1.54, 1.807) is 13.2 Å². The van der Waals surface area contributed by atoms with E-state index in [1.807, 2.05) is 0 Å². The predicted molar refractivity (Wildman–Crippen MR) is 68.9 cm³/mol. The van der Waals surface area contributed by atoms with Crippen molar-refractivity contribution in [3.05, 3.63) is 11.8 Å². The van der Waals surface area contributed by atoms with E-state index < -0.39 is 9.84 Å². The van der Waals surface area contributed by atoms with Crippen LogP contribution in [-0.2, 0) is 16.9 Å². The summed E-state index contributed by atoms with van der Waals surface area (Å²) in [5, 5.41) is 6.72. The smallest absolute Gasteiger partial charge is 0.258 e. The molecule has 8 heteroatoms. The molecule has 106 valence electrons. The monoisotopic (exact) mass is 287 g/mol. The second-order valence-electron chi connectivity index (χ2n) is 4.70. The van der Waals surface area contributed by atoms with Gasteiger partial charge in [0.2, 0.25) is 5.88 Å². The maximum atomic E-state index is 12.0. The number of nitrogens with zero attached hydrogens (tertiary/aromatic N) is 2. The number of hydrogen-bond acceptors (Lipinski definition) is 5. The van der Waals surface area contributed by atoms with E-state index >= 15 is 0 Å². The molecule has 0 radical (unpaired) electrons. The van der Waals surface area contributed by atoms with Crippen LogP contribution in [0.2, 0.25) is 0 Å². The van der Waals surface area contributed by atoms with E-state index in [0.29, 0.717) is 18.5 Å². The number of carbonyl (C=O) groups excluding carboxylic acids is 1. The van der Waals surface area contributed by atoms with Crippen molar-refractivity contribution in [3.8, 4) is 5.88 Å². The van der Waals surface area contributed by atoms with Gasteiger partial charge < -0.3 is 10.1 Å². The maximum absolute atomic E-state index is 12.0. The van der Waals surface area contributed by atoms with Crippen LogP contribution in [0.1, 0.15) is 16.8 Å². The zero-order valence-electron chi connectivity index (χ0n) is 10.9. The van der Waals surface area contributed by atoms with Gasteiger partial charge in [-0.3, -0.25) is 9.48 Å². The summed E-state index contributed by atoms with van der Waals surface area (Å²) >= 11 is 0. The molecule has 0 aromatic carbocycles. The van der Waals surface area contributed by atoms with Gasteiger partial charge in [0.05, 0.1) is 18.6 Å². The molecule has 1 amide bonds. The zero-order chi connectivity index (χ0) is 14.0. The molecule has 1 aromatic heterocycles. The van der Waals surface area contributed by atoms with Crippen LogP contribution in [0, 0.1) is 5.92 Å². The summed E-state index contributed by atoms with van der Waals surface area (Å²) in [6, 6.07) is 0. The molecule has 0 spiro atoms. The van der Waals surface area contributed by atoms with Crippen LogP contribution in [0.15, 0.2) is 6.20 Å². The highest BCUT2D eigenvalue weighted by Crippen LogP contribution is 2.18. The molecule has 2 heterocycles. The second-order valence-corrected chi connectivity index (χ2v) is 6.93. The molecular formula is C11H17N3O4S. The van der Waals surface area contributed by atoms with Crippen molar-refractivity contribution in [2.45, 2.75) is 6.42 Å². The minimum absolute atomic E-state index is 0.00313. The zero-order valence-corrected chi connectivity index (χ0v) is 11.7. The summed E-state index contributed by atoms with van der Waals surface area (Å²) in [7, 11) is 0.235. The van der Waals surface area contributed by atoms with Gasteiger partial charge in [0.1, 0.15) is 5.56 Å².